The lowest BCUT2D eigenvalue weighted by atomic mass is 10.0. The van der Waals surface area contributed by atoms with Crippen LogP contribution >= 0.6 is 0 Å². The van der Waals surface area contributed by atoms with Crippen LogP contribution in [0.25, 0.3) is 33.5 Å². The first-order valence-electron chi connectivity index (χ1n) is 9.85. The predicted octanol–water partition coefficient (Wildman–Crippen LogP) is 5.42. The van der Waals surface area contributed by atoms with Gasteiger partial charge in [0.25, 0.3) is 0 Å². The number of benzene rings is 2. The van der Waals surface area contributed by atoms with Crippen LogP contribution in [0.5, 0.6) is 0 Å². The fourth-order valence-electron chi connectivity index (χ4n) is 3.58. The minimum atomic E-state index is -4.44. The van der Waals surface area contributed by atoms with Crippen molar-refractivity contribution in [3.8, 4) is 22.5 Å². The van der Waals surface area contributed by atoms with Crippen molar-refractivity contribution in [3.63, 3.8) is 0 Å². The third kappa shape index (κ3) is 3.88. The van der Waals surface area contributed by atoms with Gasteiger partial charge in [0.1, 0.15) is 5.82 Å². The van der Waals surface area contributed by atoms with Crippen molar-refractivity contribution in [2.24, 2.45) is 7.05 Å². The summed E-state index contributed by atoms with van der Waals surface area (Å²) in [6.45, 7) is 3.39. The summed E-state index contributed by atoms with van der Waals surface area (Å²) in [6, 6.07) is 11.3. The normalized spacial score (nSPS) is 12.4. The van der Waals surface area contributed by atoms with Crippen molar-refractivity contribution in [2.45, 2.75) is 24.9 Å². The van der Waals surface area contributed by atoms with Gasteiger partial charge in [-0.3, -0.25) is 4.98 Å². The van der Waals surface area contributed by atoms with E-state index in [-0.39, 0.29) is 10.6 Å². The summed E-state index contributed by atoms with van der Waals surface area (Å²) in [6.07, 6.45) is -2.75. The summed E-state index contributed by atoms with van der Waals surface area (Å²) in [5, 5.41) is 0. The number of sulfone groups is 1. The molecule has 4 rings (SSSR count). The Hall–Kier alpha value is -3.20. The predicted molar refractivity (Wildman–Crippen MR) is 117 cm³/mol. The molecular formula is C23H20F3N3O2S. The highest BCUT2D eigenvalue weighted by Crippen LogP contribution is 2.35. The summed E-state index contributed by atoms with van der Waals surface area (Å²) < 4.78 is 66.3. The average molecular weight is 459 g/mol. The van der Waals surface area contributed by atoms with E-state index in [2.05, 4.69) is 9.97 Å². The minimum Gasteiger partial charge on any atom is -0.326 e. The summed E-state index contributed by atoms with van der Waals surface area (Å²) in [4.78, 5) is 8.99. The smallest absolute Gasteiger partial charge is 0.326 e. The van der Waals surface area contributed by atoms with E-state index in [1.54, 1.807) is 36.9 Å². The number of fused-ring (bicyclic) bond motifs is 1. The standard InChI is InChI=1S/C23H20F3N3O2S/c1-4-32(30,31)21-12-16(15-5-8-17(9-6-15)23(24,25)26)7-10-18(21)22-28-19-11-14(2)27-13-20(19)29(22)3/h5-13H,4H2,1-3H3. The summed E-state index contributed by atoms with van der Waals surface area (Å²) in [5.74, 6) is 0.347. The number of nitrogens with zero attached hydrogens (tertiary/aromatic N) is 3. The maximum atomic E-state index is 12.9. The summed E-state index contributed by atoms with van der Waals surface area (Å²) in [5.41, 5.74) is 2.91. The minimum absolute atomic E-state index is 0.0838. The van der Waals surface area contributed by atoms with E-state index in [0.717, 1.165) is 23.3 Å². The third-order valence-electron chi connectivity index (χ3n) is 5.39. The van der Waals surface area contributed by atoms with Gasteiger partial charge in [0, 0.05) is 18.3 Å². The van der Waals surface area contributed by atoms with Crippen molar-refractivity contribution >= 4 is 20.9 Å². The van der Waals surface area contributed by atoms with Crippen LogP contribution in [0.3, 0.4) is 0 Å². The van der Waals surface area contributed by atoms with E-state index >= 15 is 0 Å². The van der Waals surface area contributed by atoms with Crippen LogP contribution in [0.1, 0.15) is 18.2 Å². The second kappa shape index (κ2) is 7.74. The SMILES string of the molecule is CCS(=O)(=O)c1cc(-c2ccc(C(F)(F)F)cc2)ccc1-c1nc2cc(C)ncc2n1C. The van der Waals surface area contributed by atoms with Gasteiger partial charge in [-0.2, -0.15) is 13.2 Å². The average Bonchev–Trinajstić information content (AvgIpc) is 3.08. The maximum Gasteiger partial charge on any atom is 0.416 e. The summed E-state index contributed by atoms with van der Waals surface area (Å²) >= 11 is 0. The molecule has 32 heavy (non-hydrogen) atoms. The zero-order valence-electron chi connectivity index (χ0n) is 17.6. The zero-order chi connectivity index (χ0) is 23.3. The largest absolute Gasteiger partial charge is 0.416 e. The lowest BCUT2D eigenvalue weighted by Crippen LogP contribution is -2.08. The van der Waals surface area contributed by atoms with Gasteiger partial charge in [-0.25, -0.2) is 13.4 Å². The van der Waals surface area contributed by atoms with E-state index < -0.39 is 21.6 Å². The highest BCUT2D eigenvalue weighted by atomic mass is 32.2. The van der Waals surface area contributed by atoms with Gasteiger partial charge in [-0.05, 0) is 48.4 Å². The molecule has 0 atom stereocenters. The third-order valence-corrected chi connectivity index (χ3v) is 7.16. The number of hydrogen-bond acceptors (Lipinski definition) is 4. The number of pyridine rings is 1. The van der Waals surface area contributed by atoms with E-state index in [1.807, 2.05) is 13.0 Å². The molecule has 0 fully saturated rings. The Morgan fingerprint density at radius 2 is 1.66 bits per heavy atom. The van der Waals surface area contributed by atoms with Crippen LogP contribution in [-0.4, -0.2) is 28.7 Å². The molecule has 9 heteroatoms. The molecule has 0 amide bonds. The Morgan fingerprint density at radius 1 is 1.00 bits per heavy atom. The first kappa shape index (κ1) is 22.0. The van der Waals surface area contributed by atoms with Crippen molar-refractivity contribution in [1.29, 1.82) is 0 Å². The number of rotatable bonds is 4. The second-order valence-corrected chi connectivity index (χ2v) is 9.74. The van der Waals surface area contributed by atoms with Crippen molar-refractivity contribution < 1.29 is 21.6 Å². The lowest BCUT2D eigenvalue weighted by Gasteiger charge is -2.13. The van der Waals surface area contributed by atoms with Gasteiger partial charge < -0.3 is 4.57 Å². The number of hydrogen-bond donors (Lipinski definition) is 0. The molecule has 0 spiro atoms. The molecule has 0 aliphatic rings. The maximum absolute atomic E-state index is 12.9. The monoisotopic (exact) mass is 459 g/mol. The number of halogens is 3. The van der Waals surface area contributed by atoms with E-state index in [4.69, 9.17) is 0 Å². The van der Waals surface area contributed by atoms with Crippen LogP contribution in [0.2, 0.25) is 0 Å². The second-order valence-electron chi connectivity index (χ2n) is 7.50. The van der Waals surface area contributed by atoms with Gasteiger partial charge in [0.2, 0.25) is 0 Å². The molecule has 0 bridgehead atoms. The molecule has 4 aromatic rings. The van der Waals surface area contributed by atoms with Gasteiger partial charge in [-0.1, -0.05) is 25.1 Å². The van der Waals surface area contributed by atoms with Crippen molar-refractivity contribution in [2.75, 3.05) is 5.75 Å². The molecule has 5 nitrogen and oxygen atoms in total. The highest BCUT2D eigenvalue weighted by Gasteiger charge is 2.30. The van der Waals surface area contributed by atoms with Crippen LogP contribution in [0.15, 0.2) is 59.6 Å². The molecular weight excluding hydrogens is 439 g/mol. The van der Waals surface area contributed by atoms with Gasteiger partial charge in [-0.15, -0.1) is 0 Å². The number of imidazole rings is 1. The van der Waals surface area contributed by atoms with Crippen LogP contribution in [0.4, 0.5) is 13.2 Å². The van der Waals surface area contributed by atoms with E-state index in [0.29, 0.717) is 28.0 Å². The molecule has 0 radical (unpaired) electrons. The molecule has 166 valence electrons. The molecule has 2 heterocycles. The van der Waals surface area contributed by atoms with Crippen LogP contribution in [0, 0.1) is 6.92 Å². The molecule has 0 N–H and O–H groups in total. The fraction of sp³-hybridized carbons (Fsp3) is 0.217. The molecule has 0 saturated heterocycles. The molecule has 2 aromatic carbocycles. The van der Waals surface area contributed by atoms with Crippen molar-refractivity contribution in [3.05, 3.63) is 66.0 Å². The number of alkyl halides is 3. The Kier molecular flexibility index (Phi) is 5.32. The molecule has 0 saturated carbocycles. The Bertz CT molecular complexity index is 1420. The Balaban J connectivity index is 1.89. The van der Waals surface area contributed by atoms with E-state index in [9.17, 15) is 21.6 Å². The fourth-order valence-corrected chi connectivity index (χ4v) is 4.69. The molecule has 0 aliphatic carbocycles. The first-order valence-corrected chi connectivity index (χ1v) is 11.5. The topological polar surface area (TPSA) is 64.8 Å². The molecule has 2 aromatic heterocycles. The molecule has 0 unspecified atom stereocenters. The van der Waals surface area contributed by atoms with Gasteiger partial charge in [0.05, 0.1) is 33.4 Å². The zero-order valence-corrected chi connectivity index (χ0v) is 18.4. The number of aryl methyl sites for hydroxylation is 2. The quantitative estimate of drug-likeness (QED) is 0.409. The lowest BCUT2D eigenvalue weighted by molar-refractivity contribution is -0.137. The van der Waals surface area contributed by atoms with Crippen LogP contribution in [-0.2, 0) is 23.1 Å². The van der Waals surface area contributed by atoms with Gasteiger partial charge >= 0.3 is 6.18 Å². The Labute approximate surface area is 183 Å². The summed E-state index contributed by atoms with van der Waals surface area (Å²) in [7, 11) is -1.86. The molecule has 0 aliphatic heterocycles. The van der Waals surface area contributed by atoms with E-state index in [1.165, 1.54) is 18.2 Å². The van der Waals surface area contributed by atoms with Gasteiger partial charge in [0.15, 0.2) is 9.84 Å². The van der Waals surface area contributed by atoms with Crippen LogP contribution < -0.4 is 0 Å². The number of aromatic nitrogens is 3. The highest BCUT2D eigenvalue weighted by molar-refractivity contribution is 7.91. The van der Waals surface area contributed by atoms with Crippen molar-refractivity contribution in [1.82, 2.24) is 14.5 Å². The Morgan fingerprint density at radius 3 is 2.28 bits per heavy atom. The first-order chi connectivity index (χ1) is 15.0.